The van der Waals surface area contributed by atoms with E-state index in [2.05, 4.69) is 10.6 Å². The second kappa shape index (κ2) is 7.97. The van der Waals surface area contributed by atoms with Crippen LogP contribution in [0.15, 0.2) is 42.5 Å². The van der Waals surface area contributed by atoms with Crippen LogP contribution in [0.4, 0.5) is 5.69 Å². The summed E-state index contributed by atoms with van der Waals surface area (Å²) in [6.45, 7) is 9.66. The van der Waals surface area contributed by atoms with Crippen LogP contribution in [0, 0.1) is 26.7 Å². The van der Waals surface area contributed by atoms with Gasteiger partial charge in [-0.15, -0.1) is 0 Å². The summed E-state index contributed by atoms with van der Waals surface area (Å²) in [5.74, 6) is -0.461. The van der Waals surface area contributed by atoms with Crippen molar-refractivity contribution >= 4 is 17.5 Å². The standard InChI is InChI=1S/C21H26N2O2/c1-13(2)19(23-20(24)17-9-7-6-8-15(17)4)21(25)22-18-12-14(3)10-11-16(18)5/h6-13,19H,1-5H3,(H,22,25)(H,23,24). The molecule has 0 saturated heterocycles. The minimum absolute atomic E-state index is 0.0296. The Morgan fingerprint density at radius 3 is 2.24 bits per heavy atom. The minimum atomic E-state index is -0.605. The average Bonchev–Trinajstić information content (AvgIpc) is 2.55. The zero-order valence-electron chi connectivity index (χ0n) is 15.5. The van der Waals surface area contributed by atoms with Crippen molar-refractivity contribution in [1.82, 2.24) is 5.32 Å². The van der Waals surface area contributed by atoms with E-state index in [0.29, 0.717) is 5.56 Å². The predicted molar refractivity (Wildman–Crippen MR) is 102 cm³/mol. The Labute approximate surface area is 149 Å². The van der Waals surface area contributed by atoms with E-state index in [1.54, 1.807) is 6.07 Å². The lowest BCUT2D eigenvalue weighted by Gasteiger charge is -2.23. The third kappa shape index (κ3) is 4.69. The van der Waals surface area contributed by atoms with E-state index in [9.17, 15) is 9.59 Å². The van der Waals surface area contributed by atoms with Crippen LogP contribution >= 0.6 is 0 Å². The highest BCUT2D eigenvalue weighted by Crippen LogP contribution is 2.18. The van der Waals surface area contributed by atoms with Gasteiger partial charge in [0, 0.05) is 11.3 Å². The Balaban J connectivity index is 2.17. The number of amides is 2. The molecule has 0 radical (unpaired) electrons. The molecule has 2 rings (SSSR count). The fourth-order valence-corrected chi connectivity index (χ4v) is 2.66. The molecule has 1 unspecified atom stereocenters. The van der Waals surface area contributed by atoms with E-state index in [1.165, 1.54) is 0 Å². The van der Waals surface area contributed by atoms with Crippen molar-refractivity contribution in [1.29, 1.82) is 0 Å². The van der Waals surface area contributed by atoms with E-state index < -0.39 is 6.04 Å². The van der Waals surface area contributed by atoms with Crippen LogP contribution in [-0.4, -0.2) is 17.9 Å². The summed E-state index contributed by atoms with van der Waals surface area (Å²) in [6, 6.07) is 12.7. The Hall–Kier alpha value is -2.62. The molecule has 0 heterocycles. The summed E-state index contributed by atoms with van der Waals surface area (Å²) in [4.78, 5) is 25.3. The quantitative estimate of drug-likeness (QED) is 0.865. The smallest absolute Gasteiger partial charge is 0.252 e. The maximum atomic E-state index is 12.7. The third-order valence-corrected chi connectivity index (χ3v) is 4.28. The van der Waals surface area contributed by atoms with Gasteiger partial charge in [-0.25, -0.2) is 0 Å². The highest BCUT2D eigenvalue weighted by atomic mass is 16.2. The van der Waals surface area contributed by atoms with E-state index >= 15 is 0 Å². The van der Waals surface area contributed by atoms with E-state index in [0.717, 1.165) is 22.4 Å². The van der Waals surface area contributed by atoms with Gasteiger partial charge in [0.15, 0.2) is 0 Å². The van der Waals surface area contributed by atoms with Crippen LogP contribution in [0.2, 0.25) is 0 Å². The molecule has 0 spiro atoms. The van der Waals surface area contributed by atoms with Crippen molar-refractivity contribution in [2.75, 3.05) is 5.32 Å². The fraction of sp³-hybridized carbons (Fsp3) is 0.333. The van der Waals surface area contributed by atoms with Gasteiger partial charge in [-0.1, -0.05) is 44.2 Å². The van der Waals surface area contributed by atoms with Crippen LogP contribution in [0.3, 0.4) is 0 Å². The summed E-state index contributed by atoms with van der Waals surface area (Å²) in [5.41, 5.74) is 4.32. The molecule has 1 atom stereocenters. The van der Waals surface area contributed by atoms with E-state index in [-0.39, 0.29) is 17.7 Å². The van der Waals surface area contributed by atoms with Crippen molar-refractivity contribution < 1.29 is 9.59 Å². The van der Waals surface area contributed by atoms with Crippen LogP contribution in [0.1, 0.15) is 40.9 Å². The predicted octanol–water partition coefficient (Wildman–Crippen LogP) is 4.00. The molecule has 4 nitrogen and oxygen atoms in total. The van der Waals surface area contributed by atoms with Crippen molar-refractivity contribution in [3.05, 3.63) is 64.7 Å². The third-order valence-electron chi connectivity index (χ3n) is 4.28. The molecule has 0 saturated carbocycles. The van der Waals surface area contributed by atoms with Crippen LogP contribution in [-0.2, 0) is 4.79 Å². The van der Waals surface area contributed by atoms with E-state index in [4.69, 9.17) is 0 Å². The largest absolute Gasteiger partial charge is 0.340 e. The van der Waals surface area contributed by atoms with Gasteiger partial charge in [0.2, 0.25) is 5.91 Å². The molecule has 0 bridgehead atoms. The average molecular weight is 338 g/mol. The zero-order chi connectivity index (χ0) is 18.6. The lowest BCUT2D eigenvalue weighted by molar-refractivity contribution is -0.118. The SMILES string of the molecule is Cc1ccc(C)c(NC(=O)C(NC(=O)c2ccccc2C)C(C)C)c1. The molecule has 2 aromatic carbocycles. The Morgan fingerprint density at radius 1 is 0.920 bits per heavy atom. The van der Waals surface area contributed by atoms with Gasteiger partial charge in [-0.3, -0.25) is 9.59 Å². The summed E-state index contributed by atoms with van der Waals surface area (Å²) < 4.78 is 0. The second-order valence-electron chi connectivity index (χ2n) is 6.82. The number of carbonyl (C=O) groups is 2. The molecule has 2 amide bonds. The Kier molecular flexibility index (Phi) is 5.97. The van der Waals surface area contributed by atoms with Crippen LogP contribution in [0.25, 0.3) is 0 Å². The first-order chi connectivity index (χ1) is 11.8. The number of hydrogen-bond donors (Lipinski definition) is 2. The first-order valence-corrected chi connectivity index (χ1v) is 8.54. The summed E-state index contributed by atoms with van der Waals surface area (Å²) in [6.07, 6.45) is 0. The molecular formula is C21H26N2O2. The lowest BCUT2D eigenvalue weighted by atomic mass is 10.0. The zero-order valence-corrected chi connectivity index (χ0v) is 15.5. The molecule has 0 aliphatic carbocycles. The van der Waals surface area contributed by atoms with Gasteiger partial charge in [-0.2, -0.15) is 0 Å². The van der Waals surface area contributed by atoms with Gasteiger partial charge in [0.05, 0.1) is 0 Å². The topological polar surface area (TPSA) is 58.2 Å². The van der Waals surface area contributed by atoms with Crippen molar-refractivity contribution in [3.8, 4) is 0 Å². The molecule has 0 aromatic heterocycles. The van der Waals surface area contributed by atoms with Crippen molar-refractivity contribution in [2.45, 2.75) is 40.7 Å². The van der Waals surface area contributed by atoms with E-state index in [1.807, 2.05) is 71.0 Å². The number of carbonyl (C=O) groups excluding carboxylic acids is 2. The number of hydrogen-bond acceptors (Lipinski definition) is 2. The summed E-state index contributed by atoms with van der Waals surface area (Å²) >= 11 is 0. The molecule has 0 aliphatic rings. The Morgan fingerprint density at radius 2 is 1.60 bits per heavy atom. The first-order valence-electron chi connectivity index (χ1n) is 8.54. The Bertz CT molecular complexity index is 781. The number of anilines is 1. The van der Waals surface area contributed by atoms with Gasteiger partial charge in [-0.05, 0) is 55.5 Å². The maximum absolute atomic E-state index is 12.7. The maximum Gasteiger partial charge on any atom is 0.252 e. The monoisotopic (exact) mass is 338 g/mol. The van der Waals surface area contributed by atoms with Crippen LogP contribution < -0.4 is 10.6 Å². The van der Waals surface area contributed by atoms with Gasteiger partial charge < -0.3 is 10.6 Å². The molecule has 0 fully saturated rings. The molecule has 4 heteroatoms. The number of nitrogens with one attached hydrogen (secondary N) is 2. The normalized spacial score (nSPS) is 11.9. The molecule has 132 valence electrons. The highest BCUT2D eigenvalue weighted by molar-refractivity contribution is 6.02. The highest BCUT2D eigenvalue weighted by Gasteiger charge is 2.25. The molecule has 25 heavy (non-hydrogen) atoms. The minimum Gasteiger partial charge on any atom is -0.340 e. The molecule has 0 aliphatic heterocycles. The molecule has 2 N–H and O–H groups in total. The number of benzene rings is 2. The summed E-state index contributed by atoms with van der Waals surface area (Å²) in [7, 11) is 0. The molecular weight excluding hydrogens is 312 g/mol. The van der Waals surface area contributed by atoms with Crippen LogP contribution in [0.5, 0.6) is 0 Å². The number of rotatable bonds is 5. The fourth-order valence-electron chi connectivity index (χ4n) is 2.66. The van der Waals surface area contributed by atoms with Gasteiger partial charge in [0.1, 0.15) is 6.04 Å². The van der Waals surface area contributed by atoms with Crippen molar-refractivity contribution in [3.63, 3.8) is 0 Å². The summed E-state index contributed by atoms with van der Waals surface area (Å²) in [5, 5.41) is 5.83. The number of aryl methyl sites for hydroxylation is 3. The molecule has 2 aromatic rings. The van der Waals surface area contributed by atoms with Gasteiger partial charge in [0.25, 0.3) is 5.91 Å². The van der Waals surface area contributed by atoms with Crippen molar-refractivity contribution in [2.24, 2.45) is 5.92 Å². The lowest BCUT2D eigenvalue weighted by Crippen LogP contribution is -2.47. The first kappa shape index (κ1) is 18.7. The second-order valence-corrected chi connectivity index (χ2v) is 6.82. The van der Waals surface area contributed by atoms with Gasteiger partial charge >= 0.3 is 0 Å².